The minimum atomic E-state index is -3.55. The molecule has 0 amide bonds. The van der Waals surface area contributed by atoms with Gasteiger partial charge in [0.05, 0.1) is 12.6 Å². The summed E-state index contributed by atoms with van der Waals surface area (Å²) in [6.45, 7) is 1.40. The molecule has 1 saturated heterocycles. The number of hydrogen-bond donors (Lipinski definition) is 1. The maximum atomic E-state index is 12.8. The highest BCUT2D eigenvalue weighted by Gasteiger charge is 2.43. The summed E-state index contributed by atoms with van der Waals surface area (Å²) in [7, 11) is -0.205. The molecule has 0 saturated carbocycles. The van der Waals surface area contributed by atoms with Gasteiger partial charge in [-0.1, -0.05) is 42.5 Å². The Kier molecular flexibility index (Phi) is 7.63. The summed E-state index contributed by atoms with van der Waals surface area (Å²) in [5, 5.41) is 0.898. The zero-order valence-electron chi connectivity index (χ0n) is 16.8. The largest absolute Gasteiger partial charge is 0.489 e. The van der Waals surface area contributed by atoms with Gasteiger partial charge in [-0.25, -0.2) is 13.1 Å². The van der Waals surface area contributed by atoms with Crippen LogP contribution in [-0.2, 0) is 26.2 Å². The van der Waals surface area contributed by atoms with E-state index in [0.29, 0.717) is 31.9 Å². The number of sulfonamides is 1. The van der Waals surface area contributed by atoms with E-state index in [1.807, 2.05) is 54.6 Å². The van der Waals surface area contributed by atoms with Crippen LogP contribution in [0, 0.1) is 0 Å². The summed E-state index contributed by atoms with van der Waals surface area (Å²) in [6, 6.07) is 17.0. The monoisotopic (exact) mass is 420 g/mol. The number of hydrogen-bond acceptors (Lipinski definition) is 6. The van der Waals surface area contributed by atoms with Crippen LogP contribution in [0.3, 0.4) is 0 Å². The molecule has 0 bridgehead atoms. The molecule has 0 unspecified atom stereocenters. The lowest BCUT2D eigenvalue weighted by atomic mass is 10.0. The molecule has 0 radical (unpaired) electrons. The Bertz CT molecular complexity index is 876. The number of methoxy groups -OCH3 is 1. The fourth-order valence-electron chi connectivity index (χ4n) is 3.35. The van der Waals surface area contributed by atoms with E-state index in [9.17, 15) is 8.42 Å². The summed E-state index contributed by atoms with van der Waals surface area (Å²) in [5.74, 6) is 0.691. The van der Waals surface area contributed by atoms with E-state index in [1.165, 1.54) is 0 Å². The Labute approximate surface area is 172 Å². The van der Waals surface area contributed by atoms with Crippen molar-refractivity contribution in [2.45, 2.75) is 24.3 Å². The molecule has 2 aromatic carbocycles. The van der Waals surface area contributed by atoms with Gasteiger partial charge in [-0.3, -0.25) is 4.84 Å². The molecule has 2 atom stereocenters. The van der Waals surface area contributed by atoms with Crippen LogP contribution in [0.25, 0.3) is 0 Å². The van der Waals surface area contributed by atoms with Crippen molar-refractivity contribution in [3.05, 3.63) is 65.7 Å². The third kappa shape index (κ3) is 5.77. The van der Waals surface area contributed by atoms with E-state index < -0.39 is 21.3 Å². The third-order valence-electron chi connectivity index (χ3n) is 4.86. The van der Waals surface area contributed by atoms with Gasteiger partial charge < -0.3 is 9.47 Å². The molecule has 7 nitrogen and oxygen atoms in total. The van der Waals surface area contributed by atoms with Crippen LogP contribution in [0.15, 0.2) is 54.6 Å². The number of nitrogens with one attached hydrogen (secondary N) is 1. The maximum Gasteiger partial charge on any atom is 0.218 e. The highest BCUT2D eigenvalue weighted by molar-refractivity contribution is 7.90. The van der Waals surface area contributed by atoms with Crippen LogP contribution in [-0.4, -0.2) is 52.6 Å². The Hall–Kier alpha value is -1.97. The van der Waals surface area contributed by atoms with E-state index in [-0.39, 0.29) is 6.61 Å². The highest BCUT2D eigenvalue weighted by Crippen LogP contribution is 2.34. The average molecular weight is 421 g/mol. The summed E-state index contributed by atoms with van der Waals surface area (Å²) in [4.78, 5) is 5.56. The third-order valence-corrected chi connectivity index (χ3v) is 6.66. The van der Waals surface area contributed by atoms with Gasteiger partial charge in [0, 0.05) is 27.3 Å². The van der Waals surface area contributed by atoms with Crippen molar-refractivity contribution in [2.75, 3.05) is 33.9 Å². The Balaban J connectivity index is 1.71. The molecule has 3 rings (SSSR count). The lowest BCUT2D eigenvalue weighted by molar-refractivity contribution is -0.110. The normalized spacial score (nSPS) is 20.1. The summed E-state index contributed by atoms with van der Waals surface area (Å²) >= 11 is 0. The number of hydroxylamine groups is 2. The molecule has 1 fully saturated rings. The van der Waals surface area contributed by atoms with Crippen molar-refractivity contribution in [3.63, 3.8) is 0 Å². The predicted molar refractivity (Wildman–Crippen MR) is 111 cm³/mol. The number of rotatable bonds is 10. The second kappa shape index (κ2) is 10.2. The Morgan fingerprint density at radius 2 is 1.97 bits per heavy atom. The zero-order valence-corrected chi connectivity index (χ0v) is 17.6. The zero-order chi connectivity index (χ0) is 20.7. The Morgan fingerprint density at radius 3 is 2.72 bits per heavy atom. The van der Waals surface area contributed by atoms with E-state index >= 15 is 0 Å². The minimum Gasteiger partial charge on any atom is -0.489 e. The molecule has 1 N–H and O–H groups in total. The molecule has 158 valence electrons. The van der Waals surface area contributed by atoms with Gasteiger partial charge in [0.15, 0.2) is 0 Å². The van der Waals surface area contributed by atoms with Crippen molar-refractivity contribution in [3.8, 4) is 5.75 Å². The van der Waals surface area contributed by atoms with Crippen LogP contribution < -0.4 is 9.46 Å². The first kappa shape index (κ1) is 21.7. The van der Waals surface area contributed by atoms with Gasteiger partial charge >= 0.3 is 0 Å². The quantitative estimate of drug-likeness (QED) is 0.595. The number of nitrogens with zero attached hydrogens (tertiary/aromatic N) is 1. The molecule has 1 aliphatic rings. The molecular weight excluding hydrogens is 392 g/mol. The van der Waals surface area contributed by atoms with Gasteiger partial charge in [0.2, 0.25) is 10.0 Å². The summed E-state index contributed by atoms with van der Waals surface area (Å²) in [5.41, 5.74) is 1.91. The summed E-state index contributed by atoms with van der Waals surface area (Å²) < 4.78 is 39.2. The second-order valence-electron chi connectivity index (χ2n) is 6.96. The molecule has 0 aromatic heterocycles. The van der Waals surface area contributed by atoms with Crippen LogP contribution >= 0.6 is 0 Å². The van der Waals surface area contributed by atoms with Crippen molar-refractivity contribution < 1.29 is 22.7 Å². The molecule has 2 aromatic rings. The molecule has 29 heavy (non-hydrogen) atoms. The van der Waals surface area contributed by atoms with Gasteiger partial charge in [-0.15, -0.1) is 0 Å². The van der Waals surface area contributed by atoms with Gasteiger partial charge in [0.1, 0.15) is 17.6 Å². The fraction of sp³-hybridized carbons (Fsp3) is 0.429. The van der Waals surface area contributed by atoms with Gasteiger partial charge in [-0.2, -0.15) is 5.06 Å². The predicted octanol–water partition coefficient (Wildman–Crippen LogP) is 2.51. The number of ether oxygens (including phenoxy) is 2. The first-order valence-electron chi connectivity index (χ1n) is 9.61. The smallest absolute Gasteiger partial charge is 0.218 e. The van der Waals surface area contributed by atoms with Crippen LogP contribution in [0.2, 0.25) is 0 Å². The Morgan fingerprint density at radius 1 is 1.17 bits per heavy atom. The second-order valence-corrected chi connectivity index (χ2v) is 8.94. The van der Waals surface area contributed by atoms with E-state index in [4.69, 9.17) is 14.3 Å². The SMILES string of the molecule is COCCCNS(=O)(=O)[C@@H]1CON(C)[C@H]1c1cccc(OCc2ccccc2)c1. The topological polar surface area (TPSA) is 77.1 Å². The lowest BCUT2D eigenvalue weighted by Crippen LogP contribution is -2.39. The standard InChI is InChI=1S/C21H28N2O5S/c1-23-21(20(16-28-23)29(24,25)22-12-7-13-26-2)18-10-6-11-19(14-18)27-15-17-8-4-3-5-9-17/h3-6,8-11,14,20-22H,7,12-13,15-16H2,1-2H3/t20-,21+/m1/s1. The van der Waals surface area contributed by atoms with Crippen LogP contribution in [0.4, 0.5) is 0 Å². The van der Waals surface area contributed by atoms with Gasteiger partial charge in [0.25, 0.3) is 0 Å². The van der Waals surface area contributed by atoms with E-state index in [0.717, 1.165) is 11.1 Å². The summed E-state index contributed by atoms with van der Waals surface area (Å²) in [6.07, 6.45) is 0.618. The van der Waals surface area contributed by atoms with E-state index in [2.05, 4.69) is 4.72 Å². The molecule has 1 aliphatic heterocycles. The van der Waals surface area contributed by atoms with Crippen LogP contribution in [0.1, 0.15) is 23.6 Å². The first-order valence-corrected chi connectivity index (χ1v) is 11.2. The molecule has 0 spiro atoms. The lowest BCUT2D eigenvalue weighted by Gasteiger charge is -2.23. The van der Waals surface area contributed by atoms with Crippen molar-refractivity contribution >= 4 is 10.0 Å². The average Bonchev–Trinajstić information content (AvgIpc) is 3.13. The highest BCUT2D eigenvalue weighted by atomic mass is 32.2. The first-order chi connectivity index (χ1) is 14.0. The fourth-order valence-corrected chi connectivity index (χ4v) is 4.90. The maximum absolute atomic E-state index is 12.8. The van der Waals surface area contributed by atoms with Crippen molar-refractivity contribution in [1.82, 2.24) is 9.79 Å². The molecule has 8 heteroatoms. The van der Waals surface area contributed by atoms with Gasteiger partial charge in [-0.05, 0) is 29.7 Å². The molecule has 1 heterocycles. The van der Waals surface area contributed by atoms with Crippen LogP contribution in [0.5, 0.6) is 5.75 Å². The van der Waals surface area contributed by atoms with Crippen molar-refractivity contribution in [1.29, 1.82) is 0 Å². The van der Waals surface area contributed by atoms with Crippen molar-refractivity contribution in [2.24, 2.45) is 0 Å². The number of benzene rings is 2. The van der Waals surface area contributed by atoms with E-state index in [1.54, 1.807) is 19.2 Å². The molecule has 0 aliphatic carbocycles. The molecular formula is C21H28N2O5S. The minimum absolute atomic E-state index is 0.107.